The first-order valence-corrected chi connectivity index (χ1v) is 12.5. The van der Waals surface area contributed by atoms with Crippen molar-refractivity contribution in [3.63, 3.8) is 0 Å². The van der Waals surface area contributed by atoms with E-state index in [9.17, 15) is 9.59 Å². The number of hydrogen-bond acceptors (Lipinski definition) is 5. The molecule has 8 nitrogen and oxygen atoms in total. The fraction of sp³-hybridized carbons (Fsp3) is 0.500. The van der Waals surface area contributed by atoms with Gasteiger partial charge in [-0.15, -0.1) is 0 Å². The fourth-order valence-electron chi connectivity index (χ4n) is 3.91. The number of carbonyl (C=O) groups excluding carboxylic acids is 2. The number of unbranched alkanes of at least 4 members (excludes halogenated alkanes) is 1. The zero-order chi connectivity index (χ0) is 26.1. The Balaban J connectivity index is 1.35. The second-order valence-corrected chi connectivity index (χ2v) is 10.1. The van der Waals surface area contributed by atoms with Crippen LogP contribution in [0, 0.1) is 6.92 Å². The molecule has 1 fully saturated rings. The Hall–Kier alpha value is -3.42. The van der Waals surface area contributed by atoms with Crippen molar-refractivity contribution in [3.8, 4) is 11.5 Å². The first-order valence-electron chi connectivity index (χ1n) is 12.5. The molecule has 36 heavy (non-hydrogen) atoms. The molecule has 1 N–H and O–H groups in total. The van der Waals surface area contributed by atoms with Crippen LogP contribution in [0.25, 0.3) is 0 Å². The number of benzene rings is 2. The van der Waals surface area contributed by atoms with Crippen LogP contribution in [0.15, 0.2) is 42.5 Å². The molecule has 0 aliphatic carbocycles. The second kappa shape index (κ2) is 12.5. The summed E-state index contributed by atoms with van der Waals surface area (Å²) < 4.78 is 16.6. The monoisotopic (exact) mass is 497 g/mol. The van der Waals surface area contributed by atoms with Gasteiger partial charge in [0.1, 0.15) is 17.1 Å². The van der Waals surface area contributed by atoms with Crippen molar-refractivity contribution in [2.24, 2.45) is 0 Å². The first kappa shape index (κ1) is 27.2. The van der Waals surface area contributed by atoms with Crippen molar-refractivity contribution in [2.45, 2.75) is 52.6 Å². The van der Waals surface area contributed by atoms with Gasteiger partial charge in [0, 0.05) is 37.9 Å². The number of ether oxygens (including phenoxy) is 3. The van der Waals surface area contributed by atoms with Crippen LogP contribution in [0.5, 0.6) is 11.5 Å². The molecule has 1 aliphatic rings. The molecule has 0 radical (unpaired) electrons. The van der Waals surface area contributed by atoms with Gasteiger partial charge >= 0.3 is 12.1 Å². The third kappa shape index (κ3) is 8.66. The summed E-state index contributed by atoms with van der Waals surface area (Å²) in [6.07, 6.45) is 2.57. The molecule has 0 bridgehead atoms. The molecule has 0 aromatic heterocycles. The Kier molecular flexibility index (Phi) is 9.44. The molecule has 3 amide bonds. The lowest BCUT2D eigenvalue weighted by molar-refractivity contribution is 0.0174. The molecule has 0 unspecified atom stereocenters. The average molecular weight is 498 g/mol. The van der Waals surface area contributed by atoms with Crippen LogP contribution in [0.2, 0.25) is 0 Å². The van der Waals surface area contributed by atoms with Crippen LogP contribution in [-0.4, -0.2) is 67.4 Å². The summed E-state index contributed by atoms with van der Waals surface area (Å²) in [5.41, 5.74) is 2.56. The summed E-state index contributed by atoms with van der Waals surface area (Å²) in [6, 6.07) is 13.7. The standard InChI is InChI=1S/C28H39N3O5/c1-21-18-24(34-5)20-25(19-21)35-17-7-6-8-22-9-11-23(12-10-22)29-26(32)30-13-15-31(16-14-30)27(33)36-28(2,3)4/h9-12,18-20H,6-8,13-17H2,1-5H3,(H,29,32). The van der Waals surface area contributed by atoms with E-state index in [0.29, 0.717) is 32.8 Å². The normalized spacial score (nSPS) is 13.8. The number of anilines is 1. The van der Waals surface area contributed by atoms with Crippen molar-refractivity contribution >= 4 is 17.8 Å². The minimum Gasteiger partial charge on any atom is -0.497 e. The molecule has 8 heteroatoms. The smallest absolute Gasteiger partial charge is 0.410 e. The van der Waals surface area contributed by atoms with Crippen molar-refractivity contribution < 1.29 is 23.8 Å². The van der Waals surface area contributed by atoms with Gasteiger partial charge in [-0.05, 0) is 82.3 Å². The Morgan fingerprint density at radius 3 is 2.19 bits per heavy atom. The first-order chi connectivity index (χ1) is 17.1. The van der Waals surface area contributed by atoms with Gasteiger partial charge in [0.15, 0.2) is 0 Å². The SMILES string of the molecule is COc1cc(C)cc(OCCCCc2ccc(NC(=O)N3CCN(C(=O)OC(C)(C)C)CC3)cc2)c1. The maximum absolute atomic E-state index is 12.6. The lowest BCUT2D eigenvalue weighted by Gasteiger charge is -2.35. The number of nitrogens with zero attached hydrogens (tertiary/aromatic N) is 2. The molecule has 1 saturated heterocycles. The van der Waals surface area contributed by atoms with Gasteiger partial charge in [-0.3, -0.25) is 0 Å². The van der Waals surface area contributed by atoms with Crippen LogP contribution in [0.1, 0.15) is 44.7 Å². The lowest BCUT2D eigenvalue weighted by Crippen LogP contribution is -2.52. The lowest BCUT2D eigenvalue weighted by atomic mass is 10.1. The van der Waals surface area contributed by atoms with E-state index in [4.69, 9.17) is 14.2 Å². The summed E-state index contributed by atoms with van der Waals surface area (Å²) in [5, 5.41) is 2.95. The highest BCUT2D eigenvalue weighted by atomic mass is 16.6. The Labute approximate surface area is 214 Å². The number of methoxy groups -OCH3 is 1. The number of nitrogens with one attached hydrogen (secondary N) is 1. The Morgan fingerprint density at radius 2 is 1.56 bits per heavy atom. The van der Waals surface area contributed by atoms with E-state index in [1.54, 1.807) is 16.9 Å². The third-order valence-electron chi connectivity index (χ3n) is 5.81. The molecule has 196 valence electrons. The van der Waals surface area contributed by atoms with Gasteiger partial charge in [-0.2, -0.15) is 0 Å². The summed E-state index contributed by atoms with van der Waals surface area (Å²) in [5.74, 6) is 1.64. The van der Waals surface area contributed by atoms with Crippen LogP contribution < -0.4 is 14.8 Å². The van der Waals surface area contributed by atoms with Crippen LogP contribution in [0.4, 0.5) is 15.3 Å². The van der Waals surface area contributed by atoms with E-state index in [2.05, 4.69) is 5.32 Å². The van der Waals surface area contributed by atoms with Gasteiger partial charge in [0.2, 0.25) is 0 Å². The molecule has 3 rings (SSSR count). The minimum atomic E-state index is -0.526. The van der Waals surface area contributed by atoms with E-state index < -0.39 is 5.60 Å². The Bertz CT molecular complexity index is 1010. The summed E-state index contributed by atoms with van der Waals surface area (Å²) >= 11 is 0. The van der Waals surface area contributed by atoms with Gasteiger partial charge in [-0.1, -0.05) is 12.1 Å². The number of urea groups is 1. The van der Waals surface area contributed by atoms with Crippen LogP contribution >= 0.6 is 0 Å². The highest BCUT2D eigenvalue weighted by Crippen LogP contribution is 2.22. The van der Waals surface area contributed by atoms with E-state index in [1.165, 1.54) is 5.56 Å². The molecule has 1 heterocycles. The van der Waals surface area contributed by atoms with E-state index >= 15 is 0 Å². The van der Waals surface area contributed by atoms with Gasteiger partial charge in [0.05, 0.1) is 13.7 Å². The maximum atomic E-state index is 12.6. The largest absolute Gasteiger partial charge is 0.497 e. The summed E-state index contributed by atoms with van der Waals surface area (Å²) in [6.45, 7) is 10.1. The molecule has 2 aromatic rings. The van der Waals surface area contributed by atoms with Crippen molar-refractivity contribution in [3.05, 3.63) is 53.6 Å². The third-order valence-corrected chi connectivity index (χ3v) is 5.81. The second-order valence-electron chi connectivity index (χ2n) is 10.1. The van der Waals surface area contributed by atoms with Crippen LogP contribution in [-0.2, 0) is 11.2 Å². The van der Waals surface area contributed by atoms with Crippen LogP contribution in [0.3, 0.4) is 0 Å². The summed E-state index contributed by atoms with van der Waals surface area (Å²) in [7, 11) is 1.66. The van der Waals surface area contributed by atoms with Crippen molar-refractivity contribution in [1.82, 2.24) is 9.80 Å². The predicted octanol–water partition coefficient (Wildman–Crippen LogP) is 5.49. The number of hydrogen-bond donors (Lipinski definition) is 1. The molecule has 0 atom stereocenters. The molecule has 0 spiro atoms. The number of carbonyl (C=O) groups is 2. The van der Waals surface area contributed by atoms with Gasteiger partial charge < -0.3 is 29.3 Å². The number of aryl methyl sites for hydroxylation is 2. The number of rotatable bonds is 8. The quantitative estimate of drug-likeness (QED) is 0.488. The van der Waals surface area contributed by atoms with Gasteiger partial charge in [0.25, 0.3) is 0 Å². The highest BCUT2D eigenvalue weighted by molar-refractivity contribution is 5.89. The molecular formula is C28H39N3O5. The zero-order valence-electron chi connectivity index (χ0n) is 22.1. The minimum absolute atomic E-state index is 0.156. The molecular weight excluding hydrogens is 458 g/mol. The van der Waals surface area contributed by atoms with Gasteiger partial charge in [-0.25, -0.2) is 9.59 Å². The predicted molar refractivity (Wildman–Crippen MR) is 141 cm³/mol. The zero-order valence-corrected chi connectivity index (χ0v) is 22.1. The summed E-state index contributed by atoms with van der Waals surface area (Å²) in [4.78, 5) is 28.2. The number of piperazine rings is 1. The van der Waals surface area contributed by atoms with E-state index in [1.807, 2.05) is 70.2 Å². The topological polar surface area (TPSA) is 80.3 Å². The highest BCUT2D eigenvalue weighted by Gasteiger charge is 2.27. The molecule has 1 aliphatic heterocycles. The fourth-order valence-corrected chi connectivity index (χ4v) is 3.91. The maximum Gasteiger partial charge on any atom is 0.410 e. The molecule has 2 aromatic carbocycles. The Morgan fingerprint density at radius 1 is 0.917 bits per heavy atom. The van der Waals surface area contributed by atoms with Crippen molar-refractivity contribution in [2.75, 3.05) is 45.2 Å². The van der Waals surface area contributed by atoms with Crippen molar-refractivity contribution in [1.29, 1.82) is 0 Å². The molecule has 0 saturated carbocycles. The number of amides is 3. The van der Waals surface area contributed by atoms with E-state index in [0.717, 1.165) is 42.0 Å². The average Bonchev–Trinajstić information content (AvgIpc) is 2.83. The van der Waals surface area contributed by atoms with E-state index in [-0.39, 0.29) is 12.1 Å².